The van der Waals surface area contributed by atoms with Gasteiger partial charge >= 0.3 is 0 Å². The topological polar surface area (TPSA) is 71.3 Å². The number of aromatic nitrogens is 2. The predicted molar refractivity (Wildman–Crippen MR) is 109 cm³/mol. The van der Waals surface area contributed by atoms with Crippen LogP contribution in [0.2, 0.25) is 0 Å². The molecule has 7 heteroatoms. The molecule has 0 aliphatic carbocycles. The molecule has 0 spiro atoms. The van der Waals surface area contributed by atoms with Crippen molar-refractivity contribution in [3.05, 3.63) is 58.1 Å². The Morgan fingerprint density at radius 2 is 1.93 bits per heavy atom. The van der Waals surface area contributed by atoms with E-state index >= 15 is 0 Å². The third-order valence-electron chi connectivity index (χ3n) is 4.93. The summed E-state index contributed by atoms with van der Waals surface area (Å²) in [5.41, 5.74) is 3.38. The van der Waals surface area contributed by atoms with E-state index in [1.807, 2.05) is 16.8 Å². The SMILES string of the molecule is O=C(CCc1nc(-c2ccsc2)no1)NCc1ccc(CN2CCCC2)cc1. The minimum absolute atomic E-state index is 0.0172. The van der Waals surface area contributed by atoms with Gasteiger partial charge in [0.15, 0.2) is 0 Å². The lowest BCUT2D eigenvalue weighted by Gasteiger charge is -2.14. The van der Waals surface area contributed by atoms with E-state index in [4.69, 9.17) is 4.52 Å². The number of carbonyl (C=O) groups excluding carboxylic acids is 1. The fourth-order valence-electron chi connectivity index (χ4n) is 3.34. The summed E-state index contributed by atoms with van der Waals surface area (Å²) in [4.78, 5) is 18.9. The van der Waals surface area contributed by atoms with Crippen LogP contribution in [0.25, 0.3) is 11.4 Å². The van der Waals surface area contributed by atoms with Crippen LogP contribution in [0.4, 0.5) is 0 Å². The van der Waals surface area contributed by atoms with Crippen LogP contribution in [0.3, 0.4) is 0 Å². The van der Waals surface area contributed by atoms with Crippen LogP contribution < -0.4 is 5.32 Å². The van der Waals surface area contributed by atoms with Gasteiger partial charge in [0.05, 0.1) is 0 Å². The predicted octanol–water partition coefficient (Wildman–Crippen LogP) is 3.64. The zero-order valence-electron chi connectivity index (χ0n) is 15.8. The number of amides is 1. The number of carbonyl (C=O) groups is 1. The molecule has 1 fully saturated rings. The molecule has 3 heterocycles. The lowest BCUT2D eigenvalue weighted by atomic mass is 10.1. The number of aryl methyl sites for hydroxylation is 1. The Morgan fingerprint density at radius 3 is 2.68 bits per heavy atom. The van der Waals surface area contributed by atoms with Crippen molar-refractivity contribution in [2.75, 3.05) is 13.1 Å². The first kappa shape index (κ1) is 18.8. The van der Waals surface area contributed by atoms with E-state index in [0.29, 0.717) is 31.1 Å². The summed E-state index contributed by atoms with van der Waals surface area (Å²) in [6.07, 6.45) is 3.39. The summed E-state index contributed by atoms with van der Waals surface area (Å²) in [7, 11) is 0. The number of likely N-dealkylation sites (tertiary alicyclic amines) is 1. The molecule has 1 aliphatic rings. The van der Waals surface area contributed by atoms with Gasteiger partial charge in [0.1, 0.15) is 0 Å². The van der Waals surface area contributed by atoms with Crippen molar-refractivity contribution in [2.24, 2.45) is 0 Å². The Hall–Kier alpha value is -2.51. The molecule has 4 rings (SSSR count). The van der Waals surface area contributed by atoms with Gasteiger partial charge in [-0.1, -0.05) is 29.4 Å². The molecule has 6 nitrogen and oxygen atoms in total. The molecule has 0 saturated carbocycles. The fraction of sp³-hybridized carbons (Fsp3) is 0.381. The highest BCUT2D eigenvalue weighted by Gasteiger charge is 2.12. The Labute approximate surface area is 168 Å². The number of benzene rings is 1. The van der Waals surface area contributed by atoms with Gasteiger partial charge in [-0.2, -0.15) is 16.3 Å². The molecular formula is C21H24N4O2S. The minimum atomic E-state index is -0.0172. The first-order chi connectivity index (χ1) is 13.8. The lowest BCUT2D eigenvalue weighted by Crippen LogP contribution is -2.23. The molecule has 1 aromatic carbocycles. The van der Waals surface area contributed by atoms with E-state index in [9.17, 15) is 4.79 Å². The lowest BCUT2D eigenvalue weighted by molar-refractivity contribution is -0.121. The largest absolute Gasteiger partial charge is 0.352 e. The maximum atomic E-state index is 12.1. The quantitative estimate of drug-likeness (QED) is 0.629. The van der Waals surface area contributed by atoms with Crippen molar-refractivity contribution < 1.29 is 9.32 Å². The minimum Gasteiger partial charge on any atom is -0.352 e. The van der Waals surface area contributed by atoms with E-state index < -0.39 is 0 Å². The van der Waals surface area contributed by atoms with Crippen LogP contribution >= 0.6 is 11.3 Å². The molecule has 1 N–H and O–H groups in total. The van der Waals surface area contributed by atoms with Crippen LogP contribution in [-0.2, 0) is 24.3 Å². The van der Waals surface area contributed by atoms with Crippen molar-refractivity contribution in [2.45, 2.75) is 38.8 Å². The van der Waals surface area contributed by atoms with E-state index in [0.717, 1.165) is 17.7 Å². The summed E-state index contributed by atoms with van der Waals surface area (Å²) >= 11 is 1.59. The van der Waals surface area contributed by atoms with Gasteiger partial charge in [0.25, 0.3) is 0 Å². The molecule has 0 unspecified atom stereocenters. The zero-order valence-corrected chi connectivity index (χ0v) is 16.6. The fourth-order valence-corrected chi connectivity index (χ4v) is 3.97. The second kappa shape index (κ2) is 9.12. The van der Waals surface area contributed by atoms with Gasteiger partial charge in [0, 0.05) is 36.9 Å². The normalized spacial score (nSPS) is 14.4. The zero-order chi connectivity index (χ0) is 19.2. The van der Waals surface area contributed by atoms with Crippen LogP contribution in [0.1, 0.15) is 36.3 Å². The van der Waals surface area contributed by atoms with Gasteiger partial charge in [-0.15, -0.1) is 0 Å². The number of nitrogens with one attached hydrogen (secondary N) is 1. The number of hydrogen-bond donors (Lipinski definition) is 1. The van der Waals surface area contributed by atoms with Gasteiger partial charge in [-0.3, -0.25) is 9.69 Å². The molecule has 0 radical (unpaired) electrons. The summed E-state index contributed by atoms with van der Waals surface area (Å²) in [5.74, 6) is 1.05. The Bertz CT molecular complexity index is 884. The van der Waals surface area contributed by atoms with Gasteiger partial charge in [-0.05, 0) is 48.5 Å². The molecule has 2 aromatic heterocycles. The smallest absolute Gasteiger partial charge is 0.227 e. The van der Waals surface area contributed by atoms with E-state index in [1.165, 1.54) is 31.5 Å². The monoisotopic (exact) mass is 396 g/mol. The highest BCUT2D eigenvalue weighted by atomic mass is 32.1. The summed E-state index contributed by atoms with van der Waals surface area (Å²) in [6, 6.07) is 10.4. The molecule has 0 bridgehead atoms. The summed E-state index contributed by atoms with van der Waals surface area (Å²) in [5, 5.41) is 10.9. The van der Waals surface area contributed by atoms with Crippen molar-refractivity contribution >= 4 is 17.2 Å². The van der Waals surface area contributed by atoms with Crippen LogP contribution in [-0.4, -0.2) is 34.0 Å². The number of hydrogen-bond acceptors (Lipinski definition) is 6. The van der Waals surface area contributed by atoms with E-state index in [1.54, 1.807) is 11.3 Å². The van der Waals surface area contributed by atoms with Crippen LogP contribution in [0, 0.1) is 0 Å². The molecule has 1 amide bonds. The average molecular weight is 397 g/mol. The van der Waals surface area contributed by atoms with Crippen molar-refractivity contribution in [1.29, 1.82) is 0 Å². The standard InChI is InChI=1S/C21H24N4O2S/c26-19(7-8-20-23-21(24-27-20)18-9-12-28-15-18)22-13-16-3-5-17(6-4-16)14-25-10-1-2-11-25/h3-6,9,12,15H,1-2,7-8,10-11,13-14H2,(H,22,26). The molecule has 1 saturated heterocycles. The maximum absolute atomic E-state index is 12.1. The van der Waals surface area contributed by atoms with Crippen molar-refractivity contribution in [3.63, 3.8) is 0 Å². The first-order valence-corrected chi connectivity index (χ1v) is 10.6. The Balaban J connectivity index is 1.20. The van der Waals surface area contributed by atoms with Crippen LogP contribution in [0.5, 0.6) is 0 Å². The number of nitrogens with zero attached hydrogens (tertiary/aromatic N) is 3. The second-order valence-electron chi connectivity index (χ2n) is 7.10. The van der Waals surface area contributed by atoms with Crippen molar-refractivity contribution in [3.8, 4) is 11.4 Å². The highest BCUT2D eigenvalue weighted by Crippen LogP contribution is 2.19. The molecule has 0 atom stereocenters. The number of rotatable bonds is 8. The number of thiophene rings is 1. The molecule has 3 aromatic rings. The third kappa shape index (κ3) is 5.05. The van der Waals surface area contributed by atoms with E-state index in [2.05, 4.69) is 44.6 Å². The summed E-state index contributed by atoms with van der Waals surface area (Å²) in [6.45, 7) is 3.95. The highest BCUT2D eigenvalue weighted by molar-refractivity contribution is 7.08. The average Bonchev–Trinajstić information content (AvgIpc) is 3.48. The Kier molecular flexibility index (Phi) is 6.14. The molecule has 146 valence electrons. The third-order valence-corrected chi connectivity index (χ3v) is 5.61. The van der Waals surface area contributed by atoms with Gasteiger partial charge in [0.2, 0.25) is 17.6 Å². The van der Waals surface area contributed by atoms with Gasteiger partial charge < -0.3 is 9.84 Å². The van der Waals surface area contributed by atoms with Crippen molar-refractivity contribution in [1.82, 2.24) is 20.4 Å². The second-order valence-corrected chi connectivity index (χ2v) is 7.88. The molecule has 28 heavy (non-hydrogen) atoms. The summed E-state index contributed by atoms with van der Waals surface area (Å²) < 4.78 is 5.23. The van der Waals surface area contributed by atoms with Crippen LogP contribution in [0.15, 0.2) is 45.6 Å². The Morgan fingerprint density at radius 1 is 1.14 bits per heavy atom. The first-order valence-electron chi connectivity index (χ1n) is 9.68. The molecular weight excluding hydrogens is 372 g/mol. The van der Waals surface area contributed by atoms with Gasteiger partial charge in [-0.25, -0.2) is 0 Å². The van der Waals surface area contributed by atoms with E-state index in [-0.39, 0.29) is 5.91 Å². The maximum Gasteiger partial charge on any atom is 0.227 e. The molecule has 1 aliphatic heterocycles.